The van der Waals surface area contributed by atoms with Crippen molar-refractivity contribution in [3.05, 3.63) is 65.7 Å². The molecule has 33 heavy (non-hydrogen) atoms. The highest BCUT2D eigenvalue weighted by Crippen LogP contribution is 2.32. The Hall–Kier alpha value is -3.04. The van der Waals surface area contributed by atoms with Gasteiger partial charge in [-0.25, -0.2) is 9.07 Å². The van der Waals surface area contributed by atoms with Crippen LogP contribution in [0.4, 0.5) is 10.1 Å². The van der Waals surface area contributed by atoms with Gasteiger partial charge in [-0.15, -0.1) is 5.10 Å². The molecule has 2 fully saturated rings. The van der Waals surface area contributed by atoms with Gasteiger partial charge in [0.25, 0.3) is 0 Å². The number of hydrogen-bond donors (Lipinski definition) is 0. The molecule has 1 aromatic heterocycles. The minimum absolute atomic E-state index is 0.128. The molecule has 2 aromatic carbocycles. The fraction of sp³-hybridized carbons (Fsp3) is 0.458. The monoisotopic (exact) mass is 452 g/mol. The van der Waals surface area contributed by atoms with Gasteiger partial charge >= 0.3 is 0 Å². The van der Waals surface area contributed by atoms with E-state index in [9.17, 15) is 4.39 Å². The lowest BCUT2D eigenvalue weighted by atomic mass is 10.0. The zero-order valence-electron chi connectivity index (χ0n) is 18.8. The maximum atomic E-state index is 13.7. The highest BCUT2D eigenvalue weighted by Gasteiger charge is 2.32. The van der Waals surface area contributed by atoms with Gasteiger partial charge in [-0.3, -0.25) is 4.90 Å². The van der Waals surface area contributed by atoms with Gasteiger partial charge in [0, 0.05) is 32.8 Å². The third-order valence-corrected chi connectivity index (χ3v) is 6.50. The molecule has 0 amide bonds. The van der Waals surface area contributed by atoms with Crippen molar-refractivity contribution in [2.75, 3.05) is 44.8 Å². The van der Waals surface area contributed by atoms with Crippen LogP contribution in [0.15, 0.2) is 48.5 Å². The lowest BCUT2D eigenvalue weighted by Crippen LogP contribution is -2.48. The van der Waals surface area contributed by atoms with E-state index in [-0.39, 0.29) is 18.0 Å². The van der Waals surface area contributed by atoms with Crippen molar-refractivity contribution < 1.29 is 13.9 Å². The number of anilines is 1. The molecule has 2 aliphatic rings. The highest BCUT2D eigenvalue weighted by molar-refractivity contribution is 5.58. The summed E-state index contributed by atoms with van der Waals surface area (Å²) >= 11 is 0. The summed E-state index contributed by atoms with van der Waals surface area (Å²) in [5, 5.41) is 12.7. The van der Waals surface area contributed by atoms with E-state index in [1.807, 2.05) is 35.0 Å². The molecule has 3 heterocycles. The summed E-state index contributed by atoms with van der Waals surface area (Å²) < 4.78 is 26.9. The first-order valence-corrected chi connectivity index (χ1v) is 11.5. The van der Waals surface area contributed by atoms with Gasteiger partial charge < -0.3 is 14.4 Å². The Bertz CT molecular complexity index is 1050. The first-order chi connectivity index (χ1) is 16.2. The number of aromatic nitrogens is 4. The maximum Gasteiger partial charge on any atom is 0.173 e. The number of piperazine rings is 1. The summed E-state index contributed by atoms with van der Waals surface area (Å²) in [6.45, 7) is 4.71. The average molecular weight is 453 g/mol. The topological polar surface area (TPSA) is 68.5 Å². The van der Waals surface area contributed by atoms with E-state index in [0.717, 1.165) is 68.5 Å². The Morgan fingerprint density at radius 3 is 2.61 bits per heavy atom. The van der Waals surface area contributed by atoms with Crippen molar-refractivity contribution in [1.82, 2.24) is 25.1 Å². The van der Waals surface area contributed by atoms with Crippen LogP contribution < -0.4 is 9.64 Å². The Balaban J connectivity index is 1.40. The standard InChI is InChI=1S/C24H29FN6O2/c1-32-22-7-3-2-6-21(22)29-12-14-30(15-13-29)23(18-8-10-19(25)11-9-18)24-26-27-28-31(24)17-20-5-4-16-33-20/h2-3,6-11,20,23H,4-5,12-17H2,1H3/t20-,23+/m1/s1. The first-order valence-electron chi connectivity index (χ1n) is 11.5. The van der Waals surface area contributed by atoms with Crippen LogP contribution in [0.2, 0.25) is 0 Å². The minimum Gasteiger partial charge on any atom is -0.495 e. The van der Waals surface area contributed by atoms with Crippen LogP contribution in [0.25, 0.3) is 0 Å². The summed E-state index contributed by atoms with van der Waals surface area (Å²) in [7, 11) is 1.70. The van der Waals surface area contributed by atoms with Gasteiger partial charge in [-0.2, -0.15) is 0 Å². The van der Waals surface area contributed by atoms with Gasteiger partial charge in [0.15, 0.2) is 5.82 Å². The number of hydrogen-bond acceptors (Lipinski definition) is 7. The second kappa shape index (κ2) is 9.84. The Kier molecular flexibility index (Phi) is 6.50. The molecule has 0 unspecified atom stereocenters. The molecule has 9 heteroatoms. The fourth-order valence-electron chi connectivity index (χ4n) is 4.80. The molecule has 2 saturated heterocycles. The quantitative estimate of drug-likeness (QED) is 0.546. The third kappa shape index (κ3) is 4.69. The summed E-state index contributed by atoms with van der Waals surface area (Å²) in [4.78, 5) is 4.71. The molecule has 0 saturated carbocycles. The fourth-order valence-corrected chi connectivity index (χ4v) is 4.80. The SMILES string of the molecule is COc1ccccc1N1CCN([C@@H](c2ccc(F)cc2)c2nnnn2C[C@H]2CCCO2)CC1. The second-order valence-electron chi connectivity index (χ2n) is 8.50. The van der Waals surface area contributed by atoms with Crippen LogP contribution in [-0.4, -0.2) is 71.1 Å². The number of rotatable bonds is 7. The molecule has 2 aliphatic heterocycles. The summed E-state index contributed by atoms with van der Waals surface area (Å²) in [6, 6.07) is 14.6. The highest BCUT2D eigenvalue weighted by atomic mass is 19.1. The largest absolute Gasteiger partial charge is 0.495 e. The molecule has 0 radical (unpaired) electrons. The summed E-state index contributed by atoms with van der Waals surface area (Å²) in [5.41, 5.74) is 2.08. The van der Waals surface area contributed by atoms with Crippen LogP contribution in [0, 0.1) is 5.82 Å². The molecule has 174 valence electrons. The number of nitrogens with zero attached hydrogens (tertiary/aromatic N) is 6. The van der Waals surface area contributed by atoms with Crippen LogP contribution in [-0.2, 0) is 11.3 Å². The van der Waals surface area contributed by atoms with Crippen molar-refractivity contribution in [3.63, 3.8) is 0 Å². The van der Waals surface area contributed by atoms with Crippen molar-refractivity contribution in [2.45, 2.75) is 31.5 Å². The number of halogens is 1. The van der Waals surface area contributed by atoms with Gasteiger partial charge in [0.05, 0.1) is 31.5 Å². The zero-order chi connectivity index (χ0) is 22.6. The van der Waals surface area contributed by atoms with Crippen molar-refractivity contribution >= 4 is 5.69 Å². The van der Waals surface area contributed by atoms with Crippen molar-refractivity contribution in [2.24, 2.45) is 0 Å². The van der Waals surface area contributed by atoms with E-state index in [1.165, 1.54) is 12.1 Å². The predicted octanol–water partition coefficient (Wildman–Crippen LogP) is 2.91. The average Bonchev–Trinajstić information content (AvgIpc) is 3.54. The zero-order valence-corrected chi connectivity index (χ0v) is 18.8. The minimum atomic E-state index is -0.252. The van der Waals surface area contributed by atoms with Crippen LogP contribution in [0.3, 0.4) is 0 Å². The Morgan fingerprint density at radius 2 is 1.88 bits per heavy atom. The Labute approximate surface area is 192 Å². The van der Waals surface area contributed by atoms with Crippen molar-refractivity contribution in [1.29, 1.82) is 0 Å². The lowest BCUT2D eigenvalue weighted by Gasteiger charge is -2.40. The number of para-hydroxylation sites is 2. The molecule has 0 N–H and O–H groups in total. The van der Waals surface area contributed by atoms with E-state index in [2.05, 4.69) is 31.4 Å². The summed E-state index contributed by atoms with van der Waals surface area (Å²) in [6.07, 6.45) is 2.20. The number of methoxy groups -OCH3 is 1. The van der Waals surface area contributed by atoms with Gasteiger partial charge in [0.2, 0.25) is 0 Å². The van der Waals surface area contributed by atoms with E-state index in [0.29, 0.717) is 6.54 Å². The number of ether oxygens (including phenoxy) is 2. The normalized spacial score (nSPS) is 20.2. The third-order valence-electron chi connectivity index (χ3n) is 6.50. The predicted molar refractivity (Wildman–Crippen MR) is 122 cm³/mol. The van der Waals surface area contributed by atoms with E-state index in [4.69, 9.17) is 9.47 Å². The van der Waals surface area contributed by atoms with Gasteiger partial charge in [-0.05, 0) is 53.1 Å². The molecule has 0 aliphatic carbocycles. The Morgan fingerprint density at radius 1 is 1.09 bits per heavy atom. The first kappa shape index (κ1) is 21.8. The van der Waals surface area contributed by atoms with Crippen LogP contribution in [0.5, 0.6) is 5.75 Å². The number of benzene rings is 2. The molecule has 8 nitrogen and oxygen atoms in total. The smallest absolute Gasteiger partial charge is 0.173 e. The lowest BCUT2D eigenvalue weighted by molar-refractivity contribution is 0.0906. The van der Waals surface area contributed by atoms with Gasteiger partial charge in [0.1, 0.15) is 11.6 Å². The molecular weight excluding hydrogens is 423 g/mol. The molecule has 0 bridgehead atoms. The summed E-state index contributed by atoms with van der Waals surface area (Å²) in [5.74, 6) is 1.39. The second-order valence-corrected chi connectivity index (χ2v) is 8.50. The van der Waals surface area contributed by atoms with Crippen LogP contribution >= 0.6 is 0 Å². The molecule has 0 spiro atoms. The molecule has 5 rings (SSSR count). The van der Waals surface area contributed by atoms with Gasteiger partial charge in [-0.1, -0.05) is 24.3 Å². The maximum absolute atomic E-state index is 13.7. The van der Waals surface area contributed by atoms with Crippen LogP contribution in [0.1, 0.15) is 30.3 Å². The van der Waals surface area contributed by atoms with E-state index in [1.54, 1.807) is 7.11 Å². The van der Waals surface area contributed by atoms with Crippen molar-refractivity contribution in [3.8, 4) is 5.75 Å². The number of tetrazole rings is 1. The molecule has 3 aromatic rings. The van der Waals surface area contributed by atoms with E-state index < -0.39 is 0 Å². The van der Waals surface area contributed by atoms with E-state index >= 15 is 0 Å². The molecule has 2 atom stereocenters. The molecular formula is C24H29FN6O2.